The Balaban J connectivity index is 0.000000235. The fourth-order valence-corrected chi connectivity index (χ4v) is 2.58. The van der Waals surface area contributed by atoms with Crippen LogP contribution in [0.3, 0.4) is 0 Å². The molecule has 2 rings (SSSR count). The number of rotatable bonds is 3. The van der Waals surface area contributed by atoms with Crippen molar-refractivity contribution < 1.29 is 19.7 Å². The Kier molecular flexibility index (Phi) is 7.41. The summed E-state index contributed by atoms with van der Waals surface area (Å²) in [5.41, 5.74) is 2.23. The minimum absolute atomic E-state index is 0.292. The zero-order valence-corrected chi connectivity index (χ0v) is 15.3. The molecule has 0 spiro atoms. The van der Waals surface area contributed by atoms with E-state index in [1.807, 2.05) is 38.1 Å². The van der Waals surface area contributed by atoms with Crippen molar-refractivity contribution in [3.05, 3.63) is 56.5 Å². The minimum Gasteiger partial charge on any atom is -0.507 e. The molecule has 0 heterocycles. The van der Waals surface area contributed by atoms with Gasteiger partial charge in [0.15, 0.2) is 6.61 Å². The number of aryl methyl sites for hydroxylation is 2. The van der Waals surface area contributed by atoms with Crippen LogP contribution in [0.15, 0.2) is 45.3 Å². The van der Waals surface area contributed by atoms with E-state index < -0.39 is 5.97 Å². The molecule has 0 atom stereocenters. The van der Waals surface area contributed by atoms with Crippen LogP contribution in [0.4, 0.5) is 0 Å². The van der Waals surface area contributed by atoms with Gasteiger partial charge in [0.25, 0.3) is 0 Å². The van der Waals surface area contributed by atoms with E-state index >= 15 is 0 Å². The third-order valence-electron chi connectivity index (χ3n) is 2.54. The van der Waals surface area contributed by atoms with Gasteiger partial charge >= 0.3 is 5.97 Å². The van der Waals surface area contributed by atoms with Crippen LogP contribution in [0.2, 0.25) is 0 Å². The molecule has 4 nitrogen and oxygen atoms in total. The van der Waals surface area contributed by atoms with E-state index in [-0.39, 0.29) is 6.61 Å². The van der Waals surface area contributed by atoms with Gasteiger partial charge in [-0.25, -0.2) is 4.79 Å². The first-order chi connectivity index (χ1) is 10.3. The Labute approximate surface area is 146 Å². The lowest BCUT2D eigenvalue weighted by Crippen LogP contribution is -2.09. The highest BCUT2D eigenvalue weighted by Crippen LogP contribution is 2.25. The van der Waals surface area contributed by atoms with E-state index in [1.54, 1.807) is 12.1 Å². The van der Waals surface area contributed by atoms with E-state index in [9.17, 15) is 4.79 Å². The Hall–Kier alpha value is -1.53. The molecular formula is C16H16Br2O4. The quantitative estimate of drug-likeness (QED) is 0.740. The number of phenols is 1. The van der Waals surface area contributed by atoms with Gasteiger partial charge in [-0.1, -0.05) is 12.1 Å². The first-order valence-corrected chi connectivity index (χ1v) is 7.94. The molecule has 0 aliphatic rings. The van der Waals surface area contributed by atoms with Crippen molar-refractivity contribution >= 4 is 37.8 Å². The van der Waals surface area contributed by atoms with Gasteiger partial charge in [0.2, 0.25) is 0 Å². The highest BCUT2D eigenvalue weighted by molar-refractivity contribution is 9.10. The van der Waals surface area contributed by atoms with Crippen molar-refractivity contribution in [1.29, 1.82) is 0 Å². The van der Waals surface area contributed by atoms with E-state index in [1.165, 1.54) is 0 Å². The van der Waals surface area contributed by atoms with Crippen molar-refractivity contribution in [2.24, 2.45) is 0 Å². The van der Waals surface area contributed by atoms with E-state index in [4.69, 9.17) is 14.9 Å². The normalized spacial score (nSPS) is 9.64. The third kappa shape index (κ3) is 6.49. The molecule has 0 fully saturated rings. The molecule has 6 heteroatoms. The number of aliphatic carboxylic acids is 1. The summed E-state index contributed by atoms with van der Waals surface area (Å²) >= 11 is 6.48. The summed E-state index contributed by atoms with van der Waals surface area (Å²) in [6, 6.07) is 10.9. The van der Waals surface area contributed by atoms with Gasteiger partial charge in [-0.2, -0.15) is 0 Å². The Bertz CT molecular complexity index is 657. The summed E-state index contributed by atoms with van der Waals surface area (Å²) in [4.78, 5) is 10.2. The second kappa shape index (κ2) is 8.80. The molecule has 2 N–H and O–H groups in total. The Morgan fingerprint density at radius 3 is 2.05 bits per heavy atom. The highest BCUT2D eigenvalue weighted by atomic mass is 79.9. The summed E-state index contributed by atoms with van der Waals surface area (Å²) < 4.78 is 6.53. The first kappa shape index (κ1) is 18.5. The molecule has 2 aromatic carbocycles. The number of halogens is 2. The molecular weight excluding hydrogens is 416 g/mol. The van der Waals surface area contributed by atoms with E-state index in [2.05, 4.69) is 31.9 Å². The SMILES string of the molecule is Cc1ccc(O)c(Br)c1.Cc1ccc(OCC(=O)O)c(Br)c1. The van der Waals surface area contributed by atoms with Gasteiger partial charge in [0, 0.05) is 0 Å². The second-order valence-corrected chi connectivity index (χ2v) is 6.28. The van der Waals surface area contributed by atoms with Crippen LogP contribution in [0, 0.1) is 13.8 Å². The smallest absolute Gasteiger partial charge is 0.341 e. The molecule has 0 bridgehead atoms. The summed E-state index contributed by atoms with van der Waals surface area (Å²) in [6.45, 7) is 3.61. The van der Waals surface area contributed by atoms with Crippen molar-refractivity contribution in [2.75, 3.05) is 6.61 Å². The molecule has 0 aromatic heterocycles. The standard InChI is InChI=1S/C9H9BrO3.C7H7BrO/c1-6-2-3-8(7(10)4-6)13-5-9(11)12;1-5-2-3-7(9)6(8)4-5/h2-4H,5H2,1H3,(H,11,12);2-4,9H,1H3. The summed E-state index contributed by atoms with van der Waals surface area (Å²) in [7, 11) is 0. The number of hydrogen-bond donors (Lipinski definition) is 2. The van der Waals surface area contributed by atoms with Crippen LogP contribution in [0.25, 0.3) is 0 Å². The maximum absolute atomic E-state index is 10.2. The number of phenolic OH excluding ortho intramolecular Hbond substituents is 1. The Morgan fingerprint density at radius 2 is 1.59 bits per heavy atom. The molecule has 22 heavy (non-hydrogen) atoms. The van der Waals surface area contributed by atoms with Crippen LogP contribution < -0.4 is 4.74 Å². The predicted molar refractivity (Wildman–Crippen MR) is 92.6 cm³/mol. The summed E-state index contributed by atoms with van der Waals surface area (Å²) in [5.74, 6) is -0.138. The molecule has 0 radical (unpaired) electrons. The van der Waals surface area contributed by atoms with Gasteiger partial charge in [-0.3, -0.25) is 0 Å². The molecule has 0 aliphatic heterocycles. The fraction of sp³-hybridized carbons (Fsp3) is 0.188. The van der Waals surface area contributed by atoms with Crippen LogP contribution in [0.1, 0.15) is 11.1 Å². The molecule has 118 valence electrons. The zero-order chi connectivity index (χ0) is 16.7. The van der Waals surface area contributed by atoms with E-state index in [0.29, 0.717) is 11.5 Å². The van der Waals surface area contributed by atoms with Crippen molar-refractivity contribution in [3.8, 4) is 11.5 Å². The van der Waals surface area contributed by atoms with Gasteiger partial charge in [0.05, 0.1) is 8.95 Å². The van der Waals surface area contributed by atoms with Crippen molar-refractivity contribution in [3.63, 3.8) is 0 Å². The average Bonchev–Trinajstić information content (AvgIpc) is 2.43. The Morgan fingerprint density at radius 1 is 1.05 bits per heavy atom. The molecule has 2 aromatic rings. The van der Waals surface area contributed by atoms with Crippen LogP contribution in [0.5, 0.6) is 11.5 Å². The largest absolute Gasteiger partial charge is 0.507 e. The lowest BCUT2D eigenvalue weighted by atomic mass is 10.2. The lowest BCUT2D eigenvalue weighted by Gasteiger charge is -2.05. The number of carboxylic acid groups (broad SMARTS) is 1. The number of ether oxygens (including phenoxy) is 1. The monoisotopic (exact) mass is 430 g/mol. The maximum Gasteiger partial charge on any atom is 0.341 e. The third-order valence-corrected chi connectivity index (χ3v) is 3.80. The van der Waals surface area contributed by atoms with E-state index in [0.717, 1.165) is 20.1 Å². The number of benzene rings is 2. The summed E-state index contributed by atoms with van der Waals surface area (Å²) in [6.07, 6.45) is 0. The minimum atomic E-state index is -0.979. The van der Waals surface area contributed by atoms with Crippen molar-refractivity contribution in [1.82, 2.24) is 0 Å². The number of aromatic hydroxyl groups is 1. The molecule has 0 saturated heterocycles. The van der Waals surface area contributed by atoms with Crippen LogP contribution in [-0.2, 0) is 4.79 Å². The number of carboxylic acids is 1. The molecule has 0 saturated carbocycles. The fourth-order valence-electron chi connectivity index (χ4n) is 1.47. The molecule has 0 amide bonds. The average molecular weight is 432 g/mol. The maximum atomic E-state index is 10.2. The summed E-state index contributed by atoms with van der Waals surface area (Å²) in [5, 5.41) is 17.4. The topological polar surface area (TPSA) is 66.8 Å². The molecule has 0 aliphatic carbocycles. The second-order valence-electron chi connectivity index (χ2n) is 4.57. The number of carbonyl (C=O) groups is 1. The van der Waals surface area contributed by atoms with Crippen molar-refractivity contribution in [2.45, 2.75) is 13.8 Å². The zero-order valence-electron chi connectivity index (χ0n) is 12.1. The number of hydrogen-bond acceptors (Lipinski definition) is 3. The van der Waals surface area contributed by atoms with Crippen LogP contribution >= 0.6 is 31.9 Å². The molecule has 0 unspecified atom stereocenters. The lowest BCUT2D eigenvalue weighted by molar-refractivity contribution is -0.139. The van der Waals surface area contributed by atoms with Crippen LogP contribution in [-0.4, -0.2) is 22.8 Å². The van der Waals surface area contributed by atoms with Gasteiger partial charge in [-0.05, 0) is 81.1 Å². The van der Waals surface area contributed by atoms with Gasteiger partial charge in [-0.15, -0.1) is 0 Å². The first-order valence-electron chi connectivity index (χ1n) is 6.35. The highest BCUT2D eigenvalue weighted by Gasteiger charge is 2.03. The van der Waals surface area contributed by atoms with Gasteiger partial charge < -0.3 is 14.9 Å². The predicted octanol–water partition coefficient (Wildman–Crippen LogP) is 4.68. The van der Waals surface area contributed by atoms with Gasteiger partial charge in [0.1, 0.15) is 11.5 Å².